The maximum absolute atomic E-state index is 12.2. The smallest absolute Gasteiger partial charge is 0.387 e. The van der Waals surface area contributed by atoms with Crippen molar-refractivity contribution in [2.75, 3.05) is 6.61 Å². The lowest BCUT2D eigenvalue weighted by molar-refractivity contribution is -0.123. The van der Waals surface area contributed by atoms with E-state index in [1.807, 2.05) is 32.0 Å². The fraction of sp³-hybridized carbons (Fsp3) is 0.364. The maximum atomic E-state index is 12.2. The second kappa shape index (κ2) is 10.5. The van der Waals surface area contributed by atoms with Gasteiger partial charge in [-0.15, -0.1) is 0 Å². The highest BCUT2D eigenvalue weighted by Crippen LogP contribution is 2.27. The Morgan fingerprint density at radius 2 is 1.83 bits per heavy atom. The minimum absolute atomic E-state index is 0.0655. The van der Waals surface area contributed by atoms with Gasteiger partial charge in [-0.3, -0.25) is 4.79 Å². The number of nitrogens with one attached hydrogen (secondary N) is 1. The molecular weight excluding hydrogens is 378 g/mol. The number of benzene rings is 2. The highest BCUT2D eigenvalue weighted by molar-refractivity contribution is 6.01. The fourth-order valence-electron chi connectivity index (χ4n) is 2.73. The highest BCUT2D eigenvalue weighted by atomic mass is 19.3. The Morgan fingerprint density at radius 1 is 1.14 bits per heavy atom. The number of hydrogen-bond acceptors (Lipinski definition) is 4. The van der Waals surface area contributed by atoms with Crippen molar-refractivity contribution in [3.8, 4) is 11.5 Å². The number of amides is 1. The molecule has 0 spiro atoms. The molecule has 5 nitrogen and oxygen atoms in total. The first-order chi connectivity index (χ1) is 13.8. The van der Waals surface area contributed by atoms with Gasteiger partial charge < -0.3 is 9.47 Å². The Bertz CT molecular complexity index is 850. The Labute approximate surface area is 169 Å². The van der Waals surface area contributed by atoms with Crippen molar-refractivity contribution in [3.05, 3.63) is 59.2 Å². The molecule has 0 atom stereocenters. The van der Waals surface area contributed by atoms with Gasteiger partial charge in [0.25, 0.3) is 5.91 Å². The van der Waals surface area contributed by atoms with Gasteiger partial charge >= 0.3 is 6.61 Å². The van der Waals surface area contributed by atoms with E-state index in [-0.39, 0.29) is 24.2 Å². The Hall–Kier alpha value is -2.96. The number of carbonyl (C=O) groups is 1. The molecule has 7 heteroatoms. The number of halogens is 2. The monoisotopic (exact) mass is 404 g/mol. The molecule has 1 N–H and O–H groups in total. The van der Waals surface area contributed by atoms with Crippen molar-refractivity contribution in [1.82, 2.24) is 5.43 Å². The highest BCUT2D eigenvalue weighted by Gasteiger charge is 2.11. The molecule has 0 saturated heterocycles. The van der Waals surface area contributed by atoms with Crippen molar-refractivity contribution >= 4 is 11.6 Å². The predicted molar refractivity (Wildman–Crippen MR) is 109 cm³/mol. The van der Waals surface area contributed by atoms with E-state index in [1.165, 1.54) is 12.1 Å². The van der Waals surface area contributed by atoms with Gasteiger partial charge in [0.1, 0.15) is 11.5 Å². The lowest BCUT2D eigenvalue weighted by Crippen LogP contribution is -2.26. The lowest BCUT2D eigenvalue weighted by atomic mass is 10.0. The molecule has 0 aliphatic rings. The van der Waals surface area contributed by atoms with Crippen LogP contribution in [0.2, 0.25) is 0 Å². The third kappa shape index (κ3) is 6.85. The first-order valence-corrected chi connectivity index (χ1v) is 9.44. The topological polar surface area (TPSA) is 59.9 Å². The van der Waals surface area contributed by atoms with Crippen LogP contribution in [-0.4, -0.2) is 24.8 Å². The van der Waals surface area contributed by atoms with Gasteiger partial charge in [-0.1, -0.05) is 32.9 Å². The van der Waals surface area contributed by atoms with Crippen LogP contribution in [0.1, 0.15) is 49.8 Å². The van der Waals surface area contributed by atoms with E-state index in [0.29, 0.717) is 23.4 Å². The summed E-state index contributed by atoms with van der Waals surface area (Å²) in [4.78, 5) is 12.2. The van der Waals surface area contributed by atoms with E-state index in [9.17, 15) is 13.6 Å². The van der Waals surface area contributed by atoms with E-state index in [0.717, 1.165) is 11.1 Å². The summed E-state index contributed by atoms with van der Waals surface area (Å²) in [5.74, 6) is 0.639. The lowest BCUT2D eigenvalue weighted by Gasteiger charge is -2.14. The number of hydrazone groups is 1. The van der Waals surface area contributed by atoms with Crippen molar-refractivity contribution in [3.63, 3.8) is 0 Å². The molecular formula is C22H26F2N2O3. The normalized spacial score (nSPS) is 11.7. The van der Waals surface area contributed by atoms with Crippen molar-refractivity contribution in [1.29, 1.82) is 0 Å². The summed E-state index contributed by atoms with van der Waals surface area (Å²) in [5.41, 5.74) is 5.89. The number of aryl methyl sites for hydroxylation is 1. The zero-order chi connectivity index (χ0) is 21.4. The molecule has 0 aromatic heterocycles. The van der Waals surface area contributed by atoms with E-state index >= 15 is 0 Å². The van der Waals surface area contributed by atoms with E-state index in [2.05, 4.69) is 29.1 Å². The molecule has 156 valence electrons. The summed E-state index contributed by atoms with van der Waals surface area (Å²) >= 11 is 0. The first kappa shape index (κ1) is 22.3. The van der Waals surface area contributed by atoms with Gasteiger partial charge in [-0.25, -0.2) is 5.43 Å². The number of carbonyl (C=O) groups excluding carboxylic acids is 1. The average molecular weight is 404 g/mol. The molecule has 0 saturated carbocycles. The molecule has 0 aliphatic heterocycles. The Balaban J connectivity index is 1.99. The zero-order valence-electron chi connectivity index (χ0n) is 17.0. The van der Waals surface area contributed by atoms with Gasteiger partial charge in [-0.2, -0.15) is 13.9 Å². The Morgan fingerprint density at radius 3 is 2.41 bits per heavy atom. The molecule has 2 rings (SSSR count). The van der Waals surface area contributed by atoms with Crippen LogP contribution in [0.25, 0.3) is 0 Å². The van der Waals surface area contributed by atoms with E-state index in [4.69, 9.17) is 4.74 Å². The minimum Gasteiger partial charge on any atom is -0.483 e. The van der Waals surface area contributed by atoms with Crippen molar-refractivity contribution in [2.24, 2.45) is 5.10 Å². The van der Waals surface area contributed by atoms with E-state index < -0.39 is 6.61 Å². The first-order valence-electron chi connectivity index (χ1n) is 9.44. The van der Waals surface area contributed by atoms with Crippen LogP contribution in [0.5, 0.6) is 11.5 Å². The van der Waals surface area contributed by atoms with Gasteiger partial charge in [0.2, 0.25) is 0 Å². The molecule has 29 heavy (non-hydrogen) atoms. The molecule has 2 aromatic rings. The average Bonchev–Trinajstić information content (AvgIpc) is 2.67. The third-order valence-corrected chi connectivity index (χ3v) is 4.21. The van der Waals surface area contributed by atoms with Crippen molar-refractivity contribution in [2.45, 2.75) is 46.6 Å². The van der Waals surface area contributed by atoms with Crippen LogP contribution >= 0.6 is 0 Å². The van der Waals surface area contributed by atoms with Crippen molar-refractivity contribution < 1.29 is 23.0 Å². The molecule has 2 aromatic carbocycles. The van der Waals surface area contributed by atoms with Crippen LogP contribution in [0.15, 0.2) is 47.6 Å². The third-order valence-electron chi connectivity index (χ3n) is 4.21. The van der Waals surface area contributed by atoms with Gasteiger partial charge in [0, 0.05) is 0 Å². The second-order valence-electron chi connectivity index (χ2n) is 6.83. The fourth-order valence-corrected chi connectivity index (χ4v) is 2.73. The summed E-state index contributed by atoms with van der Waals surface area (Å²) in [7, 11) is 0. The number of alkyl halides is 2. The van der Waals surface area contributed by atoms with Crippen LogP contribution in [0.3, 0.4) is 0 Å². The molecule has 0 radical (unpaired) electrons. The zero-order valence-corrected chi connectivity index (χ0v) is 17.0. The number of rotatable bonds is 9. The molecule has 0 heterocycles. The molecule has 0 unspecified atom stereocenters. The largest absolute Gasteiger partial charge is 0.483 e. The summed E-state index contributed by atoms with van der Waals surface area (Å²) in [6, 6.07) is 12.0. The molecule has 1 amide bonds. The minimum atomic E-state index is -2.87. The van der Waals surface area contributed by atoms with Crippen LogP contribution in [0, 0.1) is 6.92 Å². The number of hydrogen-bond donors (Lipinski definition) is 1. The summed E-state index contributed by atoms with van der Waals surface area (Å²) < 4.78 is 34.5. The summed E-state index contributed by atoms with van der Waals surface area (Å²) in [5, 5.41) is 4.14. The summed E-state index contributed by atoms with van der Waals surface area (Å²) in [6.45, 7) is 4.94. The van der Waals surface area contributed by atoms with Crippen LogP contribution in [-0.2, 0) is 4.79 Å². The number of nitrogens with zero attached hydrogens (tertiary/aromatic N) is 1. The van der Waals surface area contributed by atoms with Crippen LogP contribution < -0.4 is 14.9 Å². The Kier molecular flexibility index (Phi) is 8.12. The van der Waals surface area contributed by atoms with Gasteiger partial charge in [0.15, 0.2) is 6.61 Å². The molecule has 0 aliphatic carbocycles. The van der Waals surface area contributed by atoms with Gasteiger partial charge in [-0.05, 0) is 66.3 Å². The summed E-state index contributed by atoms with van der Waals surface area (Å²) in [6.07, 6.45) is 0.547. The van der Waals surface area contributed by atoms with Crippen LogP contribution in [0.4, 0.5) is 8.78 Å². The van der Waals surface area contributed by atoms with Gasteiger partial charge in [0.05, 0.1) is 5.71 Å². The molecule has 0 fully saturated rings. The number of ether oxygens (including phenoxy) is 2. The quantitative estimate of drug-likeness (QED) is 0.471. The standard InChI is InChI=1S/C22H26F2N2O3/c1-5-19(16-7-9-17(10-8-16)29-22(23)24)25-26-21(27)13-28-20-12-15(4)6-11-18(20)14(2)3/h6-12,14,22H,5,13H2,1-4H3,(H,26,27). The second-order valence-corrected chi connectivity index (χ2v) is 6.83. The maximum Gasteiger partial charge on any atom is 0.387 e. The molecule has 0 bridgehead atoms. The van der Waals surface area contributed by atoms with E-state index in [1.54, 1.807) is 12.1 Å². The predicted octanol–water partition coefficient (Wildman–Crippen LogP) is 5.03. The SMILES string of the molecule is CCC(=NNC(=O)COc1cc(C)ccc1C(C)C)c1ccc(OC(F)F)cc1.